The molecule has 1 aromatic rings. The fraction of sp³-hybridized carbons (Fsp3) is 0.500. The lowest BCUT2D eigenvalue weighted by Crippen LogP contribution is -2.31. The van der Waals surface area contributed by atoms with Crippen LogP contribution in [0.2, 0.25) is 5.02 Å². The van der Waals surface area contributed by atoms with E-state index in [0.717, 1.165) is 18.6 Å². The van der Waals surface area contributed by atoms with Crippen LogP contribution in [0.4, 0.5) is 0 Å². The lowest BCUT2D eigenvalue weighted by molar-refractivity contribution is 0.174. The fourth-order valence-corrected chi connectivity index (χ4v) is 2.66. The van der Waals surface area contributed by atoms with Crippen molar-refractivity contribution in [3.8, 4) is 11.5 Å². The maximum Gasteiger partial charge on any atom is 0.231 e. The summed E-state index contributed by atoms with van der Waals surface area (Å²) in [4.78, 5) is 0. The van der Waals surface area contributed by atoms with Crippen LogP contribution in [0.3, 0.4) is 0 Å². The van der Waals surface area contributed by atoms with Gasteiger partial charge in [0.15, 0.2) is 11.5 Å². The van der Waals surface area contributed by atoms with Gasteiger partial charge in [-0.2, -0.15) is 0 Å². The van der Waals surface area contributed by atoms with Gasteiger partial charge in [0.05, 0.1) is 5.02 Å². The molecule has 1 unspecified atom stereocenters. The van der Waals surface area contributed by atoms with E-state index >= 15 is 0 Å². The van der Waals surface area contributed by atoms with Crippen LogP contribution in [0.1, 0.15) is 25.3 Å². The van der Waals surface area contributed by atoms with Gasteiger partial charge >= 0.3 is 0 Å². The Morgan fingerprint density at radius 2 is 2.12 bits per heavy atom. The minimum atomic E-state index is 0.102. The third-order valence-corrected chi connectivity index (χ3v) is 3.94. The first-order valence-corrected chi connectivity index (χ1v) is 5.86. The van der Waals surface area contributed by atoms with Crippen molar-refractivity contribution in [1.82, 2.24) is 0 Å². The number of ether oxygens (including phenoxy) is 2. The number of rotatable bonds is 2. The maximum atomic E-state index is 6.17. The number of halogens is 1. The van der Waals surface area contributed by atoms with Gasteiger partial charge in [0.1, 0.15) is 0 Å². The molecule has 1 aliphatic heterocycles. The second-order valence-electron chi connectivity index (χ2n) is 4.64. The van der Waals surface area contributed by atoms with Gasteiger partial charge in [-0.3, -0.25) is 0 Å². The molecule has 1 aromatic carbocycles. The zero-order chi connectivity index (χ0) is 11.3. The average molecular weight is 240 g/mol. The Bertz CT molecular complexity index is 441. The van der Waals surface area contributed by atoms with E-state index in [1.165, 1.54) is 5.56 Å². The molecule has 2 aliphatic rings. The molecule has 1 saturated carbocycles. The predicted octanol–water partition coefficient (Wildman–Crippen LogP) is 2.45. The van der Waals surface area contributed by atoms with Crippen LogP contribution in [0.5, 0.6) is 11.5 Å². The van der Waals surface area contributed by atoms with Crippen LogP contribution < -0.4 is 15.2 Å². The second-order valence-corrected chi connectivity index (χ2v) is 5.04. The average Bonchev–Trinajstić information content (AvgIpc) is 2.92. The van der Waals surface area contributed by atoms with Gasteiger partial charge in [-0.1, -0.05) is 11.6 Å². The molecule has 1 fully saturated rings. The zero-order valence-corrected chi connectivity index (χ0v) is 9.88. The van der Waals surface area contributed by atoms with E-state index in [1.807, 2.05) is 19.1 Å². The number of fused-ring (bicyclic) bond motifs is 1. The van der Waals surface area contributed by atoms with Gasteiger partial charge in [-0.15, -0.1) is 0 Å². The Kier molecular flexibility index (Phi) is 2.10. The molecule has 0 aromatic heterocycles. The smallest absolute Gasteiger partial charge is 0.231 e. The third-order valence-electron chi connectivity index (χ3n) is 3.66. The van der Waals surface area contributed by atoms with Gasteiger partial charge in [-0.25, -0.2) is 0 Å². The number of hydrogen-bond acceptors (Lipinski definition) is 3. The molecule has 0 saturated heterocycles. The summed E-state index contributed by atoms with van der Waals surface area (Å²) in [5.41, 5.74) is 7.32. The van der Waals surface area contributed by atoms with Gasteiger partial charge in [-0.05, 0) is 37.5 Å². The first-order valence-electron chi connectivity index (χ1n) is 5.49. The van der Waals surface area contributed by atoms with Gasteiger partial charge < -0.3 is 15.2 Å². The highest BCUT2D eigenvalue weighted by molar-refractivity contribution is 6.32. The Morgan fingerprint density at radius 1 is 1.38 bits per heavy atom. The maximum absolute atomic E-state index is 6.17. The summed E-state index contributed by atoms with van der Waals surface area (Å²) in [6.45, 7) is 2.30. The molecule has 2 N–H and O–H groups in total. The Hall–Kier alpha value is -0.930. The highest BCUT2D eigenvalue weighted by Gasteiger charge is 2.48. The first-order chi connectivity index (χ1) is 7.63. The molecular formula is C12H14ClNO2. The van der Waals surface area contributed by atoms with E-state index in [0.29, 0.717) is 10.8 Å². The van der Waals surface area contributed by atoms with Gasteiger partial charge in [0, 0.05) is 11.5 Å². The molecule has 3 nitrogen and oxygen atoms in total. The van der Waals surface area contributed by atoms with E-state index in [4.69, 9.17) is 26.8 Å². The minimum absolute atomic E-state index is 0.102. The van der Waals surface area contributed by atoms with Crippen LogP contribution in [0.25, 0.3) is 0 Å². The van der Waals surface area contributed by atoms with Crippen molar-refractivity contribution >= 4 is 11.6 Å². The Labute approximate surface area is 99.5 Å². The second kappa shape index (κ2) is 3.28. The molecule has 0 radical (unpaired) electrons. The largest absolute Gasteiger partial charge is 0.454 e. The van der Waals surface area contributed by atoms with Crippen molar-refractivity contribution in [2.75, 3.05) is 6.79 Å². The lowest BCUT2D eigenvalue weighted by atomic mass is 9.89. The summed E-state index contributed by atoms with van der Waals surface area (Å²) in [7, 11) is 0. The molecule has 1 atom stereocenters. The summed E-state index contributed by atoms with van der Waals surface area (Å²) in [6.07, 6.45) is 2.25. The SMILES string of the molecule is CC(N)C1(c2cc(Cl)c3c(c2)OCO3)CC1. The molecule has 3 rings (SSSR count). The Balaban J connectivity index is 2.07. The highest BCUT2D eigenvalue weighted by Crippen LogP contribution is 2.53. The zero-order valence-electron chi connectivity index (χ0n) is 9.13. The highest BCUT2D eigenvalue weighted by atomic mass is 35.5. The van der Waals surface area contributed by atoms with Crippen molar-refractivity contribution in [3.63, 3.8) is 0 Å². The van der Waals surface area contributed by atoms with Crippen LogP contribution in [0, 0.1) is 0 Å². The van der Waals surface area contributed by atoms with Crippen molar-refractivity contribution in [3.05, 3.63) is 22.7 Å². The summed E-state index contributed by atoms with van der Waals surface area (Å²) >= 11 is 6.17. The van der Waals surface area contributed by atoms with E-state index in [-0.39, 0.29) is 18.2 Å². The first kappa shape index (κ1) is 10.2. The molecule has 16 heavy (non-hydrogen) atoms. The molecule has 4 heteroatoms. The number of hydrogen-bond donors (Lipinski definition) is 1. The lowest BCUT2D eigenvalue weighted by Gasteiger charge is -2.20. The quantitative estimate of drug-likeness (QED) is 0.862. The van der Waals surface area contributed by atoms with E-state index in [2.05, 4.69) is 0 Å². The van der Waals surface area contributed by atoms with Gasteiger partial charge in [0.2, 0.25) is 6.79 Å². The predicted molar refractivity (Wildman–Crippen MR) is 62.1 cm³/mol. The molecule has 0 bridgehead atoms. The van der Waals surface area contributed by atoms with Crippen molar-refractivity contribution < 1.29 is 9.47 Å². The summed E-state index contributed by atoms with van der Waals surface area (Å²) in [5, 5.41) is 0.622. The summed E-state index contributed by atoms with van der Waals surface area (Å²) in [5.74, 6) is 1.40. The summed E-state index contributed by atoms with van der Waals surface area (Å²) in [6, 6.07) is 4.12. The molecule has 1 heterocycles. The fourth-order valence-electron chi connectivity index (χ4n) is 2.40. The molecular weight excluding hydrogens is 226 g/mol. The monoisotopic (exact) mass is 239 g/mol. The van der Waals surface area contributed by atoms with Crippen LogP contribution in [-0.2, 0) is 5.41 Å². The molecule has 0 amide bonds. The van der Waals surface area contributed by atoms with Crippen LogP contribution in [-0.4, -0.2) is 12.8 Å². The van der Waals surface area contributed by atoms with E-state index in [1.54, 1.807) is 0 Å². The standard InChI is InChI=1S/C12H14ClNO2/c1-7(14)12(2-3-12)8-4-9(13)11-10(5-8)15-6-16-11/h4-5,7H,2-3,6,14H2,1H3. The topological polar surface area (TPSA) is 44.5 Å². The van der Waals surface area contributed by atoms with Crippen molar-refractivity contribution in [2.24, 2.45) is 5.73 Å². The van der Waals surface area contributed by atoms with E-state index in [9.17, 15) is 0 Å². The van der Waals surface area contributed by atoms with Crippen LogP contribution >= 0.6 is 11.6 Å². The van der Waals surface area contributed by atoms with E-state index < -0.39 is 0 Å². The third kappa shape index (κ3) is 1.31. The molecule has 86 valence electrons. The van der Waals surface area contributed by atoms with Crippen molar-refractivity contribution in [1.29, 1.82) is 0 Å². The normalized spacial score (nSPS) is 21.9. The molecule has 1 aliphatic carbocycles. The van der Waals surface area contributed by atoms with Crippen molar-refractivity contribution in [2.45, 2.75) is 31.2 Å². The van der Waals surface area contributed by atoms with Gasteiger partial charge in [0.25, 0.3) is 0 Å². The minimum Gasteiger partial charge on any atom is -0.454 e. The summed E-state index contributed by atoms with van der Waals surface area (Å²) < 4.78 is 10.7. The molecule has 0 spiro atoms. The number of nitrogens with two attached hydrogens (primary N) is 1. The van der Waals surface area contributed by atoms with Crippen LogP contribution in [0.15, 0.2) is 12.1 Å². The number of benzene rings is 1. The Morgan fingerprint density at radius 3 is 2.75 bits per heavy atom.